The molecule has 7 heteroatoms. The van der Waals surface area contributed by atoms with Crippen LogP contribution in [0.3, 0.4) is 0 Å². The first-order chi connectivity index (χ1) is 9.65. The summed E-state index contributed by atoms with van der Waals surface area (Å²) in [7, 11) is 1.91. The van der Waals surface area contributed by atoms with Crippen LogP contribution in [-0.2, 0) is 13.6 Å². The molecule has 0 saturated heterocycles. The van der Waals surface area contributed by atoms with E-state index >= 15 is 0 Å². The fourth-order valence-electron chi connectivity index (χ4n) is 1.90. The number of nitrogens with one attached hydrogen (secondary N) is 1. The third-order valence-electron chi connectivity index (χ3n) is 3.28. The lowest BCUT2D eigenvalue weighted by Gasteiger charge is -2.00. The molecule has 0 radical (unpaired) electrons. The quantitative estimate of drug-likeness (QED) is 0.785. The summed E-state index contributed by atoms with van der Waals surface area (Å²) in [4.78, 5) is 0. The molecule has 0 aromatic carbocycles. The summed E-state index contributed by atoms with van der Waals surface area (Å²) >= 11 is 0. The largest absolute Gasteiger partial charge is 0.469 e. The van der Waals surface area contributed by atoms with Gasteiger partial charge in [-0.25, -0.2) is 0 Å². The molecule has 0 unspecified atom stereocenters. The van der Waals surface area contributed by atoms with Crippen LogP contribution in [0.4, 0.5) is 6.01 Å². The second-order valence-corrected chi connectivity index (χ2v) is 4.54. The molecular formula is C13H15N5O2. The topological polar surface area (TPSA) is 81.9 Å². The highest BCUT2D eigenvalue weighted by Gasteiger charge is 2.13. The van der Waals surface area contributed by atoms with Crippen molar-refractivity contribution in [3.8, 4) is 11.5 Å². The summed E-state index contributed by atoms with van der Waals surface area (Å²) in [6, 6.07) is 2.18. The van der Waals surface area contributed by atoms with E-state index in [9.17, 15) is 0 Å². The van der Waals surface area contributed by atoms with Crippen LogP contribution in [0.25, 0.3) is 11.5 Å². The lowest BCUT2D eigenvalue weighted by molar-refractivity contribution is 0.530. The van der Waals surface area contributed by atoms with Crippen molar-refractivity contribution in [2.45, 2.75) is 20.4 Å². The van der Waals surface area contributed by atoms with E-state index in [0.29, 0.717) is 18.5 Å². The minimum Gasteiger partial charge on any atom is -0.469 e. The molecule has 0 saturated carbocycles. The van der Waals surface area contributed by atoms with Crippen molar-refractivity contribution in [3.05, 3.63) is 35.5 Å². The van der Waals surface area contributed by atoms with E-state index in [4.69, 9.17) is 8.83 Å². The number of hydrogen-bond donors (Lipinski definition) is 1. The highest BCUT2D eigenvalue weighted by Crippen LogP contribution is 2.24. The lowest BCUT2D eigenvalue weighted by atomic mass is 10.2. The van der Waals surface area contributed by atoms with E-state index in [2.05, 4.69) is 20.6 Å². The molecule has 104 valence electrons. The van der Waals surface area contributed by atoms with E-state index in [1.165, 1.54) is 0 Å². The van der Waals surface area contributed by atoms with Crippen LogP contribution in [0.1, 0.15) is 17.0 Å². The number of anilines is 1. The standard InChI is InChI=1S/C13H15N5O2/c1-8-10(7-15-18(8)3)6-14-13-17-16-12(20-13)11-4-5-19-9(11)2/h4-5,7H,6H2,1-3H3,(H,14,17). The summed E-state index contributed by atoms with van der Waals surface area (Å²) in [6.07, 6.45) is 3.42. The van der Waals surface area contributed by atoms with Crippen molar-refractivity contribution in [1.82, 2.24) is 20.0 Å². The molecule has 3 heterocycles. The van der Waals surface area contributed by atoms with Gasteiger partial charge in [-0.15, -0.1) is 5.10 Å². The Balaban J connectivity index is 1.72. The van der Waals surface area contributed by atoms with Crippen molar-refractivity contribution in [1.29, 1.82) is 0 Å². The van der Waals surface area contributed by atoms with Gasteiger partial charge in [0, 0.05) is 24.8 Å². The third kappa shape index (κ3) is 2.18. The summed E-state index contributed by atoms with van der Waals surface area (Å²) in [6.45, 7) is 4.45. The predicted molar refractivity (Wildman–Crippen MR) is 72.0 cm³/mol. The Bertz CT molecular complexity index is 725. The van der Waals surface area contributed by atoms with Crippen molar-refractivity contribution < 1.29 is 8.83 Å². The second-order valence-electron chi connectivity index (χ2n) is 4.54. The number of hydrogen-bond acceptors (Lipinski definition) is 6. The van der Waals surface area contributed by atoms with E-state index in [1.807, 2.05) is 31.8 Å². The maximum Gasteiger partial charge on any atom is 0.316 e. The zero-order chi connectivity index (χ0) is 14.1. The summed E-state index contributed by atoms with van der Waals surface area (Å²) < 4.78 is 12.6. The fourth-order valence-corrected chi connectivity index (χ4v) is 1.90. The maximum atomic E-state index is 5.56. The highest BCUT2D eigenvalue weighted by atomic mass is 16.4. The number of aryl methyl sites for hydroxylation is 2. The number of nitrogens with zero attached hydrogens (tertiary/aromatic N) is 4. The third-order valence-corrected chi connectivity index (χ3v) is 3.28. The smallest absolute Gasteiger partial charge is 0.316 e. The molecule has 0 aliphatic heterocycles. The zero-order valence-electron chi connectivity index (χ0n) is 11.5. The average Bonchev–Trinajstić information content (AvgIpc) is 3.12. The molecule has 0 amide bonds. The van der Waals surface area contributed by atoms with Crippen molar-refractivity contribution in [2.75, 3.05) is 5.32 Å². The monoisotopic (exact) mass is 273 g/mol. The molecule has 3 aromatic heterocycles. The Morgan fingerprint density at radius 2 is 2.15 bits per heavy atom. The molecule has 7 nitrogen and oxygen atoms in total. The van der Waals surface area contributed by atoms with Gasteiger partial charge in [0.05, 0.1) is 18.0 Å². The Kier molecular flexibility index (Phi) is 3.02. The van der Waals surface area contributed by atoms with Crippen LogP contribution >= 0.6 is 0 Å². The Labute approximate surface area is 115 Å². The molecule has 3 rings (SSSR count). The summed E-state index contributed by atoms with van der Waals surface area (Å²) in [5.74, 6) is 1.20. The normalized spacial score (nSPS) is 10.9. The highest BCUT2D eigenvalue weighted by molar-refractivity contribution is 5.55. The van der Waals surface area contributed by atoms with Gasteiger partial charge < -0.3 is 14.2 Å². The molecule has 0 fully saturated rings. The van der Waals surface area contributed by atoms with Crippen LogP contribution in [0.2, 0.25) is 0 Å². The average molecular weight is 273 g/mol. The molecule has 3 aromatic rings. The zero-order valence-corrected chi connectivity index (χ0v) is 11.5. The van der Waals surface area contributed by atoms with Crippen molar-refractivity contribution in [2.24, 2.45) is 7.05 Å². The molecule has 0 bridgehead atoms. The van der Waals surface area contributed by atoms with Crippen molar-refractivity contribution >= 4 is 6.01 Å². The van der Waals surface area contributed by atoms with Gasteiger partial charge in [0.1, 0.15) is 5.76 Å². The molecule has 1 N–H and O–H groups in total. The van der Waals surface area contributed by atoms with Crippen LogP contribution in [0.5, 0.6) is 0 Å². The fraction of sp³-hybridized carbons (Fsp3) is 0.308. The predicted octanol–water partition coefficient (Wildman–Crippen LogP) is 2.29. The van der Waals surface area contributed by atoms with Gasteiger partial charge in [-0.1, -0.05) is 5.10 Å². The molecule has 0 aliphatic carbocycles. The second kappa shape index (κ2) is 4.84. The Morgan fingerprint density at radius 1 is 1.30 bits per heavy atom. The first-order valence-electron chi connectivity index (χ1n) is 6.24. The van der Waals surface area contributed by atoms with Crippen LogP contribution in [-0.4, -0.2) is 20.0 Å². The first kappa shape index (κ1) is 12.5. The van der Waals surface area contributed by atoms with E-state index in [1.54, 1.807) is 12.3 Å². The Morgan fingerprint density at radius 3 is 2.80 bits per heavy atom. The van der Waals surface area contributed by atoms with Gasteiger partial charge in [0.15, 0.2) is 0 Å². The molecule has 0 spiro atoms. The van der Waals surface area contributed by atoms with Crippen LogP contribution in [0, 0.1) is 13.8 Å². The molecule has 0 aliphatic rings. The van der Waals surface area contributed by atoms with Gasteiger partial charge in [-0.2, -0.15) is 5.10 Å². The van der Waals surface area contributed by atoms with Gasteiger partial charge >= 0.3 is 6.01 Å². The molecular weight excluding hydrogens is 258 g/mol. The van der Waals surface area contributed by atoms with Gasteiger partial charge in [-0.05, 0) is 19.9 Å². The minimum absolute atomic E-state index is 0.379. The SMILES string of the molecule is Cc1occc1-c1nnc(NCc2cnn(C)c2C)o1. The first-order valence-corrected chi connectivity index (χ1v) is 6.24. The van der Waals surface area contributed by atoms with Crippen LogP contribution < -0.4 is 5.32 Å². The molecule has 0 atom stereocenters. The number of rotatable bonds is 4. The van der Waals surface area contributed by atoms with Gasteiger partial charge in [0.2, 0.25) is 0 Å². The van der Waals surface area contributed by atoms with Gasteiger partial charge in [-0.3, -0.25) is 4.68 Å². The minimum atomic E-state index is 0.379. The van der Waals surface area contributed by atoms with Gasteiger partial charge in [0.25, 0.3) is 5.89 Å². The van der Waals surface area contributed by atoms with E-state index in [0.717, 1.165) is 22.6 Å². The molecule has 20 heavy (non-hydrogen) atoms. The van der Waals surface area contributed by atoms with Crippen molar-refractivity contribution in [3.63, 3.8) is 0 Å². The maximum absolute atomic E-state index is 5.56. The Hall–Kier alpha value is -2.57. The number of aromatic nitrogens is 4. The van der Waals surface area contributed by atoms with E-state index in [-0.39, 0.29) is 0 Å². The van der Waals surface area contributed by atoms with Crippen LogP contribution in [0.15, 0.2) is 27.4 Å². The summed E-state index contributed by atoms with van der Waals surface area (Å²) in [5.41, 5.74) is 3.00. The number of furan rings is 1. The van der Waals surface area contributed by atoms with E-state index < -0.39 is 0 Å². The summed E-state index contributed by atoms with van der Waals surface area (Å²) in [5, 5.41) is 15.2. The lowest BCUT2D eigenvalue weighted by Crippen LogP contribution is -2.01.